The molecule has 1 unspecified atom stereocenters. The van der Waals surface area contributed by atoms with Gasteiger partial charge in [0.15, 0.2) is 17.6 Å². The van der Waals surface area contributed by atoms with Gasteiger partial charge in [0.1, 0.15) is 5.82 Å². The van der Waals surface area contributed by atoms with Gasteiger partial charge < -0.3 is 25.1 Å². The fourth-order valence-electron chi connectivity index (χ4n) is 1.82. The van der Waals surface area contributed by atoms with Gasteiger partial charge in [-0.05, 0) is 19.1 Å². The van der Waals surface area contributed by atoms with Crippen molar-refractivity contribution in [3.8, 4) is 17.2 Å². The molecule has 1 atom stereocenters. The molecule has 134 valence electrons. The number of nitrogens with zero attached hydrogens (tertiary/aromatic N) is 2. The zero-order chi connectivity index (χ0) is 18.4. The van der Waals surface area contributed by atoms with E-state index in [1.165, 1.54) is 38.7 Å². The summed E-state index contributed by atoms with van der Waals surface area (Å²) >= 11 is 1.33. The van der Waals surface area contributed by atoms with Crippen LogP contribution in [0.3, 0.4) is 0 Å². The molecule has 1 aromatic heterocycles. The molecule has 1 aromatic carbocycles. The summed E-state index contributed by atoms with van der Waals surface area (Å²) in [5.41, 5.74) is 8.94. The van der Waals surface area contributed by atoms with Gasteiger partial charge in [-0.15, -0.1) is 11.3 Å². The Hall–Kier alpha value is -3.01. The lowest BCUT2D eigenvalue weighted by Gasteiger charge is -2.17. The van der Waals surface area contributed by atoms with E-state index in [4.69, 9.17) is 25.1 Å². The maximum absolute atomic E-state index is 11.0. The van der Waals surface area contributed by atoms with Gasteiger partial charge in [0.25, 0.3) is 0 Å². The van der Waals surface area contributed by atoms with Crippen LogP contribution in [0.1, 0.15) is 12.5 Å². The van der Waals surface area contributed by atoms with Crippen molar-refractivity contribution in [2.45, 2.75) is 13.0 Å². The first kappa shape index (κ1) is 18.3. The molecule has 4 N–H and O–H groups in total. The lowest BCUT2D eigenvalue weighted by molar-refractivity contribution is -0.144. The number of methoxy groups -OCH3 is 2. The maximum atomic E-state index is 11.0. The second-order valence-electron chi connectivity index (χ2n) is 4.80. The highest BCUT2D eigenvalue weighted by molar-refractivity contribution is 7.14. The number of nitrogens with one attached hydrogen (secondary N) is 1. The third kappa shape index (κ3) is 4.73. The third-order valence-electron chi connectivity index (χ3n) is 3.02. The van der Waals surface area contributed by atoms with Crippen molar-refractivity contribution in [3.63, 3.8) is 0 Å². The van der Waals surface area contributed by atoms with E-state index in [0.29, 0.717) is 28.0 Å². The summed E-state index contributed by atoms with van der Waals surface area (Å²) < 4.78 is 16.0. The molecular formula is C15H18N4O5S. The topological polar surface area (TPSA) is 128 Å². The van der Waals surface area contributed by atoms with E-state index >= 15 is 0 Å². The van der Waals surface area contributed by atoms with Gasteiger partial charge in [0.05, 0.1) is 20.4 Å². The quantitative estimate of drug-likeness (QED) is 0.478. The molecule has 10 heteroatoms. The number of nitrogens with two attached hydrogens (primary N) is 1. The smallest absolute Gasteiger partial charge is 0.344 e. The molecule has 9 nitrogen and oxygen atoms in total. The average molecular weight is 366 g/mol. The number of benzene rings is 1. The van der Waals surface area contributed by atoms with Crippen LogP contribution in [0.5, 0.6) is 17.2 Å². The second-order valence-corrected chi connectivity index (χ2v) is 5.66. The Morgan fingerprint density at radius 3 is 2.52 bits per heavy atom. The molecule has 0 saturated heterocycles. The second kappa shape index (κ2) is 8.20. The van der Waals surface area contributed by atoms with E-state index in [0.717, 1.165) is 0 Å². The number of carbonyl (C=O) groups is 1. The van der Waals surface area contributed by atoms with Gasteiger partial charge in [-0.3, -0.25) is 5.43 Å². The Balaban J connectivity index is 2.23. The molecule has 0 fully saturated rings. The number of aliphatic carboxylic acids is 1. The summed E-state index contributed by atoms with van der Waals surface area (Å²) in [6.07, 6.45) is 0.479. The molecule has 2 aromatic rings. The molecule has 2 rings (SSSR count). The van der Waals surface area contributed by atoms with Crippen LogP contribution in [0.15, 0.2) is 22.6 Å². The standard InChI is InChI=1S/C15H18N4O5S/c1-8(14(20)21)24-13-10(22-2)4-9(5-11(13)23-3)6-17-19-15-18-12(16)7-25-15/h4-8H,16H2,1-3H3,(H,18,19)(H,20,21). The fraction of sp³-hybridized carbons (Fsp3) is 0.267. The zero-order valence-electron chi connectivity index (χ0n) is 13.8. The van der Waals surface area contributed by atoms with E-state index < -0.39 is 12.1 Å². The highest BCUT2D eigenvalue weighted by atomic mass is 32.1. The number of ether oxygens (including phenoxy) is 3. The van der Waals surface area contributed by atoms with Crippen LogP contribution in [0.25, 0.3) is 0 Å². The van der Waals surface area contributed by atoms with Crippen LogP contribution in [0, 0.1) is 0 Å². The number of carboxylic acid groups (broad SMARTS) is 1. The van der Waals surface area contributed by atoms with Crippen molar-refractivity contribution in [3.05, 3.63) is 23.1 Å². The predicted molar refractivity (Wildman–Crippen MR) is 95.0 cm³/mol. The van der Waals surface area contributed by atoms with Gasteiger partial charge in [-0.1, -0.05) is 0 Å². The van der Waals surface area contributed by atoms with Crippen LogP contribution in [-0.2, 0) is 4.79 Å². The first-order valence-electron chi connectivity index (χ1n) is 7.10. The minimum Gasteiger partial charge on any atom is -0.493 e. The monoisotopic (exact) mass is 366 g/mol. The van der Waals surface area contributed by atoms with Crippen molar-refractivity contribution in [2.75, 3.05) is 25.4 Å². The molecular weight excluding hydrogens is 348 g/mol. The molecule has 0 aliphatic rings. The van der Waals surface area contributed by atoms with Crippen LogP contribution in [-0.4, -0.2) is 42.6 Å². The number of hydrogen-bond acceptors (Lipinski definition) is 9. The van der Waals surface area contributed by atoms with Gasteiger partial charge in [0, 0.05) is 10.9 Å². The largest absolute Gasteiger partial charge is 0.493 e. The van der Waals surface area contributed by atoms with Crippen molar-refractivity contribution < 1.29 is 24.1 Å². The summed E-state index contributed by atoms with van der Waals surface area (Å²) in [4.78, 5) is 15.0. The van der Waals surface area contributed by atoms with E-state index in [-0.39, 0.29) is 5.75 Å². The number of nitrogen functional groups attached to an aromatic ring is 1. The molecule has 0 saturated carbocycles. The van der Waals surface area contributed by atoms with Gasteiger partial charge >= 0.3 is 5.97 Å². The molecule has 0 amide bonds. The number of hydrazone groups is 1. The third-order valence-corrected chi connectivity index (χ3v) is 3.79. The highest BCUT2D eigenvalue weighted by Gasteiger charge is 2.20. The Morgan fingerprint density at radius 2 is 2.04 bits per heavy atom. The Morgan fingerprint density at radius 1 is 1.40 bits per heavy atom. The number of rotatable bonds is 8. The first-order chi connectivity index (χ1) is 11.9. The van der Waals surface area contributed by atoms with E-state index in [2.05, 4.69) is 15.5 Å². The number of thiazole rings is 1. The molecule has 0 aliphatic heterocycles. The minimum atomic E-state index is -1.10. The SMILES string of the molecule is COc1cc(C=NNc2nc(N)cs2)cc(OC)c1OC(C)C(=O)O. The van der Waals surface area contributed by atoms with E-state index in [1.54, 1.807) is 17.5 Å². The zero-order valence-corrected chi connectivity index (χ0v) is 14.7. The molecule has 1 heterocycles. The van der Waals surface area contributed by atoms with E-state index in [1.807, 2.05) is 0 Å². The number of hydrogen-bond donors (Lipinski definition) is 3. The van der Waals surface area contributed by atoms with E-state index in [9.17, 15) is 4.79 Å². The Labute approximate surface area is 148 Å². The highest BCUT2D eigenvalue weighted by Crippen LogP contribution is 2.39. The number of carboxylic acids is 1. The molecule has 0 radical (unpaired) electrons. The molecule has 0 aliphatic carbocycles. The van der Waals surface area contributed by atoms with Crippen LogP contribution >= 0.6 is 11.3 Å². The summed E-state index contributed by atoms with van der Waals surface area (Å²) in [6, 6.07) is 3.29. The first-order valence-corrected chi connectivity index (χ1v) is 7.98. The van der Waals surface area contributed by atoms with Gasteiger partial charge in [0.2, 0.25) is 10.9 Å². The molecule has 0 spiro atoms. The van der Waals surface area contributed by atoms with Crippen LogP contribution in [0.2, 0.25) is 0 Å². The van der Waals surface area contributed by atoms with Crippen LogP contribution < -0.4 is 25.4 Å². The predicted octanol–water partition coefficient (Wildman–Crippen LogP) is 2.04. The Kier molecular flexibility index (Phi) is 6.01. The number of anilines is 2. The Bertz CT molecular complexity index is 752. The minimum absolute atomic E-state index is 0.206. The lowest BCUT2D eigenvalue weighted by Crippen LogP contribution is -2.23. The molecule has 0 bridgehead atoms. The normalized spacial score (nSPS) is 12.0. The summed E-state index contributed by atoms with van der Waals surface area (Å²) in [5.74, 6) is 0.180. The van der Waals surface area contributed by atoms with Gasteiger partial charge in [-0.2, -0.15) is 5.10 Å². The maximum Gasteiger partial charge on any atom is 0.344 e. The van der Waals surface area contributed by atoms with Crippen molar-refractivity contribution in [1.82, 2.24) is 4.98 Å². The van der Waals surface area contributed by atoms with Crippen molar-refractivity contribution in [2.24, 2.45) is 5.10 Å². The summed E-state index contributed by atoms with van der Waals surface area (Å²) in [5, 5.41) is 15.3. The summed E-state index contributed by atoms with van der Waals surface area (Å²) in [7, 11) is 2.90. The summed E-state index contributed by atoms with van der Waals surface area (Å²) in [6.45, 7) is 1.42. The van der Waals surface area contributed by atoms with Crippen molar-refractivity contribution >= 4 is 34.5 Å². The van der Waals surface area contributed by atoms with Gasteiger partial charge in [-0.25, -0.2) is 9.78 Å². The average Bonchev–Trinajstić information content (AvgIpc) is 3.00. The fourth-order valence-corrected chi connectivity index (χ4v) is 2.37. The number of aromatic nitrogens is 1. The molecule has 25 heavy (non-hydrogen) atoms. The van der Waals surface area contributed by atoms with Crippen LogP contribution in [0.4, 0.5) is 10.9 Å². The lowest BCUT2D eigenvalue weighted by atomic mass is 10.2. The van der Waals surface area contributed by atoms with Crippen molar-refractivity contribution in [1.29, 1.82) is 0 Å².